The molecule has 1 aromatic rings. The second-order valence-corrected chi connectivity index (χ2v) is 4.55. The summed E-state index contributed by atoms with van der Waals surface area (Å²) in [4.78, 5) is 16.0. The van der Waals surface area contributed by atoms with Crippen molar-refractivity contribution >= 4 is 21.8 Å². The number of halogens is 1. The van der Waals surface area contributed by atoms with Gasteiger partial charge in [-0.1, -0.05) is 12.2 Å². The van der Waals surface area contributed by atoms with Gasteiger partial charge in [0.05, 0.1) is 5.56 Å². The Kier molecular flexibility index (Phi) is 3.72. The first-order valence-electron chi connectivity index (χ1n) is 5.34. The lowest BCUT2D eigenvalue weighted by Crippen LogP contribution is -2.35. The van der Waals surface area contributed by atoms with E-state index in [1.165, 1.54) is 0 Å². The van der Waals surface area contributed by atoms with Crippen LogP contribution in [0.25, 0.3) is 0 Å². The number of amides is 1. The molecular formula is C12H13BrN2O. The number of nitrogens with one attached hydrogen (secondary N) is 1. The molecule has 1 atom stereocenters. The second kappa shape index (κ2) is 5.25. The van der Waals surface area contributed by atoms with Crippen molar-refractivity contribution < 1.29 is 4.79 Å². The molecule has 4 heteroatoms. The van der Waals surface area contributed by atoms with Gasteiger partial charge in [0.2, 0.25) is 0 Å². The van der Waals surface area contributed by atoms with Gasteiger partial charge in [0, 0.05) is 12.2 Å². The zero-order chi connectivity index (χ0) is 11.4. The summed E-state index contributed by atoms with van der Waals surface area (Å²) >= 11 is 3.28. The highest BCUT2D eigenvalue weighted by atomic mass is 79.9. The van der Waals surface area contributed by atoms with Gasteiger partial charge in [-0.15, -0.1) is 0 Å². The standard InChI is InChI=1S/C12H13BrN2O/c13-11-10(7-4-8-14-11)12(16)15-9-5-2-1-3-6-9/h1-2,4,7-9H,3,5-6H2,(H,15,16). The van der Waals surface area contributed by atoms with Crippen molar-refractivity contribution in [3.63, 3.8) is 0 Å². The third-order valence-corrected chi connectivity index (χ3v) is 3.24. The molecule has 1 N–H and O–H groups in total. The Morgan fingerprint density at radius 1 is 1.50 bits per heavy atom. The molecule has 0 spiro atoms. The van der Waals surface area contributed by atoms with Crippen LogP contribution in [0.4, 0.5) is 0 Å². The van der Waals surface area contributed by atoms with Crippen LogP contribution >= 0.6 is 15.9 Å². The Hall–Kier alpha value is -1.16. The molecule has 1 aliphatic carbocycles. The smallest absolute Gasteiger partial charge is 0.254 e. The maximum atomic E-state index is 11.9. The van der Waals surface area contributed by atoms with Gasteiger partial charge in [0.15, 0.2) is 0 Å². The highest BCUT2D eigenvalue weighted by Gasteiger charge is 2.16. The minimum atomic E-state index is -0.0553. The second-order valence-electron chi connectivity index (χ2n) is 3.80. The van der Waals surface area contributed by atoms with Gasteiger partial charge >= 0.3 is 0 Å². The molecule has 0 fully saturated rings. The third kappa shape index (κ3) is 2.70. The lowest BCUT2D eigenvalue weighted by Gasteiger charge is -2.19. The van der Waals surface area contributed by atoms with Gasteiger partial charge in [-0.05, 0) is 47.3 Å². The predicted octanol–water partition coefficient (Wildman–Crippen LogP) is 2.68. The molecule has 1 unspecified atom stereocenters. The molecule has 3 nitrogen and oxygen atoms in total. The van der Waals surface area contributed by atoms with E-state index < -0.39 is 0 Å². The molecule has 0 radical (unpaired) electrons. The van der Waals surface area contributed by atoms with E-state index in [1.54, 1.807) is 18.3 Å². The molecule has 1 aromatic heterocycles. The summed E-state index contributed by atoms with van der Waals surface area (Å²) < 4.78 is 0.596. The van der Waals surface area contributed by atoms with Crippen LogP contribution in [0.15, 0.2) is 35.1 Å². The summed E-state index contributed by atoms with van der Waals surface area (Å²) in [6.45, 7) is 0. The molecule has 0 bridgehead atoms. The van der Waals surface area contributed by atoms with Crippen molar-refractivity contribution in [1.82, 2.24) is 10.3 Å². The summed E-state index contributed by atoms with van der Waals surface area (Å²) in [5, 5.41) is 3.02. The minimum Gasteiger partial charge on any atom is -0.349 e. The first-order chi connectivity index (χ1) is 7.77. The van der Waals surface area contributed by atoms with E-state index in [9.17, 15) is 4.79 Å². The lowest BCUT2D eigenvalue weighted by atomic mass is 10.0. The molecule has 0 saturated carbocycles. The SMILES string of the molecule is O=C(NC1CC=CCC1)c1cccnc1Br. The van der Waals surface area contributed by atoms with Gasteiger partial charge in [0.25, 0.3) is 5.91 Å². The number of allylic oxidation sites excluding steroid dienone is 1. The van der Waals surface area contributed by atoms with Crippen molar-refractivity contribution in [2.24, 2.45) is 0 Å². The van der Waals surface area contributed by atoms with Crippen LogP contribution in [0.2, 0.25) is 0 Å². The van der Waals surface area contributed by atoms with Gasteiger partial charge < -0.3 is 5.32 Å². The Morgan fingerprint density at radius 2 is 2.38 bits per heavy atom. The van der Waals surface area contributed by atoms with E-state index in [-0.39, 0.29) is 11.9 Å². The van der Waals surface area contributed by atoms with Crippen LogP contribution < -0.4 is 5.32 Å². The zero-order valence-corrected chi connectivity index (χ0v) is 10.4. The largest absolute Gasteiger partial charge is 0.349 e. The van der Waals surface area contributed by atoms with Crippen molar-refractivity contribution in [1.29, 1.82) is 0 Å². The highest BCUT2D eigenvalue weighted by Crippen LogP contribution is 2.15. The van der Waals surface area contributed by atoms with Gasteiger partial charge in [-0.3, -0.25) is 4.79 Å². The summed E-state index contributed by atoms with van der Waals surface area (Å²) in [7, 11) is 0. The molecule has 1 heterocycles. The lowest BCUT2D eigenvalue weighted by molar-refractivity contribution is 0.0933. The van der Waals surface area contributed by atoms with Crippen LogP contribution in [0.1, 0.15) is 29.6 Å². The highest BCUT2D eigenvalue weighted by molar-refractivity contribution is 9.10. The van der Waals surface area contributed by atoms with Crippen LogP contribution in [0.5, 0.6) is 0 Å². The van der Waals surface area contributed by atoms with Crippen LogP contribution in [0.3, 0.4) is 0 Å². The fourth-order valence-corrected chi connectivity index (χ4v) is 2.17. The van der Waals surface area contributed by atoms with Crippen LogP contribution in [-0.4, -0.2) is 16.9 Å². The maximum absolute atomic E-state index is 11.9. The van der Waals surface area contributed by atoms with E-state index in [0.717, 1.165) is 19.3 Å². The van der Waals surface area contributed by atoms with Gasteiger partial charge in [-0.25, -0.2) is 4.98 Å². The average molecular weight is 281 g/mol. The zero-order valence-electron chi connectivity index (χ0n) is 8.82. The number of hydrogen-bond acceptors (Lipinski definition) is 2. The molecule has 0 saturated heterocycles. The molecular weight excluding hydrogens is 268 g/mol. The predicted molar refractivity (Wildman–Crippen MR) is 66.2 cm³/mol. The third-order valence-electron chi connectivity index (χ3n) is 2.61. The van der Waals surface area contributed by atoms with Crippen molar-refractivity contribution in [2.75, 3.05) is 0 Å². The molecule has 2 rings (SSSR count). The summed E-state index contributed by atoms with van der Waals surface area (Å²) in [6.07, 6.45) is 8.91. The maximum Gasteiger partial charge on any atom is 0.254 e. The van der Waals surface area contributed by atoms with Crippen molar-refractivity contribution in [3.8, 4) is 0 Å². The Labute approximate surface area is 103 Å². The summed E-state index contributed by atoms with van der Waals surface area (Å²) in [5.41, 5.74) is 0.594. The number of rotatable bonds is 2. The summed E-state index contributed by atoms with van der Waals surface area (Å²) in [6, 6.07) is 3.79. The van der Waals surface area contributed by atoms with E-state index in [2.05, 4.69) is 38.4 Å². The monoisotopic (exact) mass is 280 g/mol. The van der Waals surface area contributed by atoms with Crippen molar-refractivity contribution in [3.05, 3.63) is 40.6 Å². The quantitative estimate of drug-likeness (QED) is 0.669. The molecule has 1 aliphatic rings. The first kappa shape index (κ1) is 11.3. The van der Waals surface area contributed by atoms with Crippen LogP contribution in [0, 0.1) is 0 Å². The number of pyridine rings is 1. The Bertz CT molecular complexity index is 417. The average Bonchev–Trinajstić information content (AvgIpc) is 2.31. The van der Waals surface area contributed by atoms with E-state index in [0.29, 0.717) is 10.2 Å². The minimum absolute atomic E-state index is 0.0553. The Balaban J connectivity index is 2.03. The van der Waals surface area contributed by atoms with Gasteiger partial charge in [0.1, 0.15) is 4.60 Å². The number of carbonyl (C=O) groups is 1. The number of aromatic nitrogens is 1. The molecule has 84 valence electrons. The summed E-state index contributed by atoms with van der Waals surface area (Å²) in [5.74, 6) is -0.0553. The molecule has 0 aliphatic heterocycles. The number of nitrogens with zero attached hydrogens (tertiary/aromatic N) is 1. The Morgan fingerprint density at radius 3 is 3.06 bits per heavy atom. The fraction of sp³-hybridized carbons (Fsp3) is 0.333. The molecule has 0 aromatic carbocycles. The normalized spacial score (nSPS) is 19.4. The van der Waals surface area contributed by atoms with E-state index in [1.807, 2.05) is 0 Å². The van der Waals surface area contributed by atoms with Crippen molar-refractivity contribution in [2.45, 2.75) is 25.3 Å². The van der Waals surface area contributed by atoms with Crippen LogP contribution in [-0.2, 0) is 0 Å². The topological polar surface area (TPSA) is 42.0 Å². The van der Waals surface area contributed by atoms with E-state index in [4.69, 9.17) is 0 Å². The molecule has 16 heavy (non-hydrogen) atoms. The fourth-order valence-electron chi connectivity index (χ4n) is 1.74. The molecule has 1 amide bonds. The first-order valence-corrected chi connectivity index (χ1v) is 6.13. The number of carbonyl (C=O) groups excluding carboxylic acids is 1. The van der Waals surface area contributed by atoms with E-state index >= 15 is 0 Å². The number of hydrogen-bond donors (Lipinski definition) is 1. The van der Waals surface area contributed by atoms with Gasteiger partial charge in [-0.2, -0.15) is 0 Å².